The van der Waals surface area contributed by atoms with E-state index in [-0.39, 0.29) is 30.4 Å². The van der Waals surface area contributed by atoms with Gasteiger partial charge in [0.25, 0.3) is 5.91 Å². The molecule has 156 valence electrons. The number of carbonyl (C=O) groups excluding carboxylic acids is 1. The van der Waals surface area contributed by atoms with Crippen LogP contribution >= 0.6 is 0 Å². The van der Waals surface area contributed by atoms with Crippen LogP contribution in [0.3, 0.4) is 0 Å². The highest BCUT2D eigenvalue weighted by Crippen LogP contribution is 2.31. The van der Waals surface area contributed by atoms with E-state index in [4.69, 9.17) is 9.47 Å². The molecule has 1 aliphatic heterocycles. The number of ether oxygens (including phenoxy) is 2. The summed E-state index contributed by atoms with van der Waals surface area (Å²) < 4.78 is 49.4. The van der Waals surface area contributed by atoms with E-state index in [0.717, 1.165) is 36.4 Å². The van der Waals surface area contributed by atoms with Crippen molar-refractivity contribution in [2.24, 2.45) is 0 Å². The summed E-state index contributed by atoms with van der Waals surface area (Å²) in [5.74, 6) is -0.307. The molecular formula is C20H22F3N3O3. The summed E-state index contributed by atoms with van der Waals surface area (Å²) >= 11 is 0. The highest BCUT2D eigenvalue weighted by atomic mass is 19.4. The Morgan fingerprint density at radius 3 is 2.62 bits per heavy atom. The van der Waals surface area contributed by atoms with Gasteiger partial charge in [0.2, 0.25) is 0 Å². The van der Waals surface area contributed by atoms with Crippen LogP contribution in [0.2, 0.25) is 0 Å². The highest BCUT2D eigenvalue weighted by Gasteiger charge is 2.31. The maximum absolute atomic E-state index is 12.8. The van der Waals surface area contributed by atoms with E-state index >= 15 is 0 Å². The zero-order chi connectivity index (χ0) is 21.0. The van der Waals surface area contributed by atoms with Crippen LogP contribution < -0.4 is 9.47 Å². The van der Waals surface area contributed by atoms with Gasteiger partial charge in [0, 0.05) is 17.9 Å². The highest BCUT2D eigenvalue weighted by molar-refractivity contribution is 5.77. The number of alkyl halides is 3. The average molecular weight is 409 g/mol. The topological polar surface area (TPSA) is 64.5 Å². The van der Waals surface area contributed by atoms with Crippen LogP contribution in [0.1, 0.15) is 29.8 Å². The van der Waals surface area contributed by atoms with Crippen LogP contribution in [-0.2, 0) is 11.0 Å². The molecule has 1 unspecified atom stereocenters. The minimum atomic E-state index is -4.46. The van der Waals surface area contributed by atoms with Crippen molar-refractivity contribution < 1.29 is 27.4 Å². The lowest BCUT2D eigenvalue weighted by Gasteiger charge is -2.32. The lowest BCUT2D eigenvalue weighted by atomic mass is 10.1. The first-order chi connectivity index (χ1) is 13.7. The largest absolute Gasteiger partial charge is 0.484 e. The molecule has 1 fully saturated rings. The first-order valence-electron chi connectivity index (χ1n) is 9.27. The number of carbonyl (C=O) groups is 1. The van der Waals surface area contributed by atoms with Crippen molar-refractivity contribution in [3.05, 3.63) is 47.3 Å². The number of rotatable bonds is 5. The van der Waals surface area contributed by atoms with E-state index < -0.39 is 11.7 Å². The molecular weight excluding hydrogens is 387 g/mol. The van der Waals surface area contributed by atoms with Crippen molar-refractivity contribution in [3.63, 3.8) is 0 Å². The first kappa shape index (κ1) is 20.9. The molecule has 0 spiro atoms. The fraction of sp³-hybridized carbons (Fsp3) is 0.450. The number of nitrogens with zero attached hydrogens (tertiary/aromatic N) is 3. The van der Waals surface area contributed by atoms with Gasteiger partial charge in [-0.05, 0) is 51.0 Å². The van der Waals surface area contributed by atoms with E-state index in [9.17, 15) is 18.0 Å². The van der Waals surface area contributed by atoms with E-state index in [1.54, 1.807) is 4.90 Å². The second-order valence-corrected chi connectivity index (χ2v) is 6.97. The SMILES string of the molecule is Cc1cc(C)nc(OC2CCCN(C(=O)COc3cccc(C(F)(F)F)c3)C2)n1. The summed E-state index contributed by atoms with van der Waals surface area (Å²) in [6.07, 6.45) is -3.21. The number of hydrogen-bond acceptors (Lipinski definition) is 5. The third kappa shape index (κ3) is 5.82. The minimum absolute atomic E-state index is 0.00150. The van der Waals surface area contributed by atoms with Gasteiger partial charge < -0.3 is 14.4 Å². The first-order valence-corrected chi connectivity index (χ1v) is 9.27. The van der Waals surface area contributed by atoms with Crippen molar-refractivity contribution in [1.29, 1.82) is 0 Å². The number of halogens is 3. The third-order valence-electron chi connectivity index (χ3n) is 4.49. The predicted octanol–water partition coefficient (Wildman–Crippen LogP) is 3.56. The lowest BCUT2D eigenvalue weighted by Crippen LogP contribution is -2.46. The maximum atomic E-state index is 12.8. The average Bonchev–Trinajstić information content (AvgIpc) is 2.65. The Morgan fingerprint density at radius 1 is 1.21 bits per heavy atom. The summed E-state index contributed by atoms with van der Waals surface area (Å²) in [4.78, 5) is 22.5. The van der Waals surface area contributed by atoms with Gasteiger partial charge in [0.15, 0.2) is 6.61 Å². The van der Waals surface area contributed by atoms with Crippen molar-refractivity contribution in [2.75, 3.05) is 19.7 Å². The van der Waals surface area contributed by atoms with Crippen LogP contribution in [0.5, 0.6) is 11.8 Å². The van der Waals surface area contributed by atoms with Gasteiger partial charge in [0.05, 0.1) is 12.1 Å². The summed E-state index contributed by atoms with van der Waals surface area (Å²) in [6, 6.07) is 6.60. The summed E-state index contributed by atoms with van der Waals surface area (Å²) in [7, 11) is 0. The van der Waals surface area contributed by atoms with Crippen LogP contribution in [-0.4, -0.2) is 46.6 Å². The van der Waals surface area contributed by atoms with Gasteiger partial charge in [-0.2, -0.15) is 13.2 Å². The van der Waals surface area contributed by atoms with E-state index in [1.165, 1.54) is 12.1 Å². The van der Waals surface area contributed by atoms with Crippen molar-refractivity contribution in [2.45, 2.75) is 39.0 Å². The molecule has 29 heavy (non-hydrogen) atoms. The molecule has 9 heteroatoms. The number of likely N-dealkylation sites (tertiary alicyclic amines) is 1. The van der Waals surface area contributed by atoms with Crippen LogP contribution in [0, 0.1) is 13.8 Å². The van der Waals surface area contributed by atoms with Crippen LogP contribution in [0.15, 0.2) is 30.3 Å². The summed E-state index contributed by atoms with van der Waals surface area (Å²) in [6.45, 7) is 4.25. The molecule has 2 heterocycles. The Balaban J connectivity index is 1.56. The van der Waals surface area contributed by atoms with Crippen molar-refractivity contribution in [3.8, 4) is 11.8 Å². The van der Waals surface area contributed by atoms with Crippen LogP contribution in [0.25, 0.3) is 0 Å². The molecule has 1 aliphatic rings. The zero-order valence-corrected chi connectivity index (χ0v) is 16.2. The van der Waals surface area contributed by atoms with Crippen molar-refractivity contribution >= 4 is 5.91 Å². The lowest BCUT2D eigenvalue weighted by molar-refractivity contribution is -0.137. The molecule has 3 rings (SSSR count). The molecule has 6 nitrogen and oxygen atoms in total. The molecule has 0 bridgehead atoms. The second kappa shape index (κ2) is 8.67. The van der Waals surface area contributed by atoms with Gasteiger partial charge in [-0.3, -0.25) is 4.79 Å². The molecule has 0 N–H and O–H groups in total. The van der Waals surface area contributed by atoms with E-state index in [2.05, 4.69) is 9.97 Å². The smallest absolute Gasteiger partial charge is 0.416 e. The van der Waals surface area contributed by atoms with E-state index in [1.807, 2.05) is 19.9 Å². The molecule has 1 atom stereocenters. The molecule has 1 amide bonds. The molecule has 0 radical (unpaired) electrons. The van der Waals surface area contributed by atoms with Crippen LogP contribution in [0.4, 0.5) is 13.2 Å². The van der Waals surface area contributed by atoms with Gasteiger partial charge in [0.1, 0.15) is 11.9 Å². The second-order valence-electron chi connectivity index (χ2n) is 6.97. The number of hydrogen-bond donors (Lipinski definition) is 0. The quantitative estimate of drug-likeness (QED) is 0.756. The van der Waals surface area contributed by atoms with Crippen molar-refractivity contribution in [1.82, 2.24) is 14.9 Å². The maximum Gasteiger partial charge on any atom is 0.416 e. The number of aromatic nitrogens is 2. The minimum Gasteiger partial charge on any atom is -0.484 e. The third-order valence-corrected chi connectivity index (χ3v) is 4.49. The Hall–Kier alpha value is -2.84. The molecule has 1 aromatic heterocycles. The Bertz CT molecular complexity index is 853. The predicted molar refractivity (Wildman–Crippen MR) is 98.7 cm³/mol. The molecule has 0 aliphatic carbocycles. The number of aryl methyl sites for hydroxylation is 2. The molecule has 0 saturated carbocycles. The Morgan fingerprint density at radius 2 is 1.93 bits per heavy atom. The molecule has 1 saturated heterocycles. The fourth-order valence-electron chi connectivity index (χ4n) is 3.15. The van der Waals surface area contributed by atoms with Gasteiger partial charge in [-0.15, -0.1) is 0 Å². The summed E-state index contributed by atoms with van der Waals surface area (Å²) in [5, 5.41) is 0. The van der Waals surface area contributed by atoms with E-state index in [0.29, 0.717) is 13.1 Å². The number of benzene rings is 1. The monoisotopic (exact) mass is 409 g/mol. The van der Waals surface area contributed by atoms with Gasteiger partial charge >= 0.3 is 12.2 Å². The standard InChI is InChI=1S/C20H22F3N3O3/c1-13-9-14(2)25-19(24-13)29-17-7-4-8-26(11-17)18(27)12-28-16-6-3-5-15(10-16)20(21,22)23/h3,5-6,9-10,17H,4,7-8,11-12H2,1-2H3. The molecule has 2 aromatic rings. The Labute approximate surface area is 166 Å². The zero-order valence-electron chi connectivity index (χ0n) is 16.2. The Kier molecular flexibility index (Phi) is 6.24. The summed E-state index contributed by atoms with van der Waals surface area (Å²) in [5.41, 5.74) is 0.777. The fourth-order valence-corrected chi connectivity index (χ4v) is 3.15. The number of piperidine rings is 1. The number of amides is 1. The van der Waals surface area contributed by atoms with Gasteiger partial charge in [-0.1, -0.05) is 6.07 Å². The molecule has 1 aromatic carbocycles. The normalized spacial score (nSPS) is 17.1. The van der Waals surface area contributed by atoms with Gasteiger partial charge in [-0.25, -0.2) is 9.97 Å².